The van der Waals surface area contributed by atoms with Crippen molar-refractivity contribution in [2.75, 3.05) is 7.11 Å². The fourth-order valence-electron chi connectivity index (χ4n) is 1.45. The molecule has 0 saturated carbocycles. The molecule has 1 rings (SSSR count). The molecule has 17 heavy (non-hydrogen) atoms. The molecule has 0 fully saturated rings. The Hall–Kier alpha value is -2.24. The fraction of sp³-hybridized carbons (Fsp3) is 0.273. The van der Waals surface area contributed by atoms with Crippen molar-refractivity contribution in [1.82, 2.24) is 0 Å². The van der Waals surface area contributed by atoms with E-state index < -0.39 is 24.3 Å². The van der Waals surface area contributed by atoms with Crippen LogP contribution in [0.1, 0.15) is 17.9 Å². The molecule has 0 heterocycles. The van der Waals surface area contributed by atoms with Crippen LogP contribution in [0.15, 0.2) is 18.2 Å². The number of aromatic hydroxyl groups is 1. The summed E-state index contributed by atoms with van der Waals surface area (Å²) in [6.45, 7) is 0. The van der Waals surface area contributed by atoms with Crippen molar-refractivity contribution < 1.29 is 29.6 Å². The van der Waals surface area contributed by atoms with E-state index in [9.17, 15) is 14.7 Å². The Bertz CT molecular complexity index is 440. The second-order valence-corrected chi connectivity index (χ2v) is 3.41. The SMILES string of the molecule is COc1ccc(C(CC(=O)O)C(=O)O)c(O)c1. The van der Waals surface area contributed by atoms with Gasteiger partial charge in [0.05, 0.1) is 19.4 Å². The minimum atomic E-state index is -1.30. The Labute approximate surface area is 97.1 Å². The number of ether oxygens (including phenoxy) is 1. The fourth-order valence-corrected chi connectivity index (χ4v) is 1.45. The van der Waals surface area contributed by atoms with Crippen LogP contribution >= 0.6 is 0 Å². The summed E-state index contributed by atoms with van der Waals surface area (Å²) in [6.07, 6.45) is -0.588. The lowest BCUT2D eigenvalue weighted by Crippen LogP contribution is -2.16. The molecule has 92 valence electrons. The van der Waals surface area contributed by atoms with Crippen LogP contribution in [0, 0.1) is 0 Å². The average Bonchev–Trinajstić information content (AvgIpc) is 2.25. The summed E-state index contributed by atoms with van der Waals surface area (Å²) in [7, 11) is 1.40. The first kappa shape index (κ1) is 12.8. The van der Waals surface area contributed by atoms with Crippen LogP contribution in [-0.2, 0) is 9.59 Å². The van der Waals surface area contributed by atoms with E-state index >= 15 is 0 Å². The van der Waals surface area contributed by atoms with E-state index in [2.05, 4.69) is 0 Å². The third kappa shape index (κ3) is 3.10. The molecule has 0 aliphatic rings. The molecular weight excluding hydrogens is 228 g/mol. The molecule has 0 amide bonds. The van der Waals surface area contributed by atoms with Crippen LogP contribution in [0.4, 0.5) is 0 Å². The first-order valence-electron chi connectivity index (χ1n) is 4.77. The lowest BCUT2D eigenvalue weighted by Gasteiger charge is -2.12. The molecule has 0 saturated heterocycles. The first-order chi connectivity index (χ1) is 7.95. The van der Waals surface area contributed by atoms with E-state index in [-0.39, 0.29) is 11.3 Å². The van der Waals surface area contributed by atoms with Gasteiger partial charge in [-0.1, -0.05) is 6.07 Å². The molecule has 1 aromatic rings. The number of hydrogen-bond acceptors (Lipinski definition) is 4. The molecule has 6 heteroatoms. The maximum atomic E-state index is 10.9. The maximum absolute atomic E-state index is 10.9. The number of carboxylic acids is 2. The lowest BCUT2D eigenvalue weighted by atomic mass is 9.95. The highest BCUT2D eigenvalue weighted by molar-refractivity contribution is 5.83. The zero-order valence-corrected chi connectivity index (χ0v) is 9.08. The predicted octanol–water partition coefficient (Wildman–Crippen LogP) is 1.04. The zero-order chi connectivity index (χ0) is 13.0. The van der Waals surface area contributed by atoms with Gasteiger partial charge in [0, 0.05) is 11.6 Å². The van der Waals surface area contributed by atoms with E-state index in [1.165, 1.54) is 25.3 Å². The maximum Gasteiger partial charge on any atom is 0.311 e. The second-order valence-electron chi connectivity index (χ2n) is 3.41. The monoisotopic (exact) mass is 240 g/mol. The minimum Gasteiger partial charge on any atom is -0.508 e. The second kappa shape index (κ2) is 5.20. The smallest absolute Gasteiger partial charge is 0.311 e. The van der Waals surface area contributed by atoms with Crippen LogP contribution in [0.5, 0.6) is 11.5 Å². The van der Waals surface area contributed by atoms with Gasteiger partial charge in [-0.25, -0.2) is 0 Å². The van der Waals surface area contributed by atoms with Gasteiger partial charge in [-0.2, -0.15) is 0 Å². The largest absolute Gasteiger partial charge is 0.508 e. The topological polar surface area (TPSA) is 104 Å². The molecule has 0 bridgehead atoms. The average molecular weight is 240 g/mol. The molecule has 6 nitrogen and oxygen atoms in total. The number of methoxy groups -OCH3 is 1. The molecule has 1 unspecified atom stereocenters. The van der Waals surface area contributed by atoms with Crippen LogP contribution < -0.4 is 4.74 Å². The summed E-state index contributed by atoms with van der Waals surface area (Å²) < 4.78 is 4.85. The molecule has 0 spiro atoms. The third-order valence-corrected chi connectivity index (χ3v) is 2.29. The normalized spacial score (nSPS) is 11.8. The van der Waals surface area contributed by atoms with Gasteiger partial charge in [0.1, 0.15) is 11.5 Å². The van der Waals surface area contributed by atoms with Crippen molar-refractivity contribution in [3.8, 4) is 11.5 Å². The quantitative estimate of drug-likeness (QED) is 0.710. The molecule has 0 aliphatic carbocycles. The highest BCUT2D eigenvalue weighted by atomic mass is 16.5. The standard InChI is InChI=1S/C11H12O6/c1-17-6-2-3-7(9(12)4-6)8(11(15)16)5-10(13)14/h2-4,8,12H,5H2,1H3,(H,13,14)(H,15,16). The number of phenolic OH excluding ortho intramolecular Hbond substituents is 1. The summed E-state index contributed by atoms with van der Waals surface area (Å²) >= 11 is 0. The summed E-state index contributed by atoms with van der Waals surface area (Å²) in [5, 5.41) is 27.2. The van der Waals surface area contributed by atoms with Gasteiger partial charge >= 0.3 is 11.9 Å². The number of rotatable bonds is 5. The Morgan fingerprint density at radius 3 is 2.41 bits per heavy atom. The number of hydrogen-bond donors (Lipinski definition) is 3. The molecule has 0 aromatic heterocycles. The van der Waals surface area contributed by atoms with E-state index in [1.54, 1.807) is 0 Å². The van der Waals surface area contributed by atoms with Gasteiger partial charge in [-0.05, 0) is 6.07 Å². The number of carboxylic acid groups (broad SMARTS) is 2. The van der Waals surface area contributed by atoms with Crippen molar-refractivity contribution in [3.63, 3.8) is 0 Å². The van der Waals surface area contributed by atoms with Gasteiger partial charge in [0.15, 0.2) is 0 Å². The Balaban J connectivity index is 3.10. The van der Waals surface area contributed by atoms with E-state index in [1.807, 2.05) is 0 Å². The van der Waals surface area contributed by atoms with Crippen molar-refractivity contribution >= 4 is 11.9 Å². The Morgan fingerprint density at radius 1 is 1.35 bits per heavy atom. The molecule has 1 atom stereocenters. The van der Waals surface area contributed by atoms with Gasteiger partial charge in [0.25, 0.3) is 0 Å². The molecule has 0 radical (unpaired) electrons. The molecular formula is C11H12O6. The highest BCUT2D eigenvalue weighted by Crippen LogP contribution is 2.31. The number of aliphatic carboxylic acids is 2. The van der Waals surface area contributed by atoms with E-state index in [0.717, 1.165) is 0 Å². The van der Waals surface area contributed by atoms with Crippen molar-refractivity contribution in [2.24, 2.45) is 0 Å². The zero-order valence-electron chi connectivity index (χ0n) is 9.08. The van der Waals surface area contributed by atoms with Gasteiger partial charge < -0.3 is 20.1 Å². The highest BCUT2D eigenvalue weighted by Gasteiger charge is 2.25. The summed E-state index contributed by atoms with van der Waals surface area (Å²) in [6, 6.07) is 4.05. The summed E-state index contributed by atoms with van der Waals surface area (Å²) in [5.74, 6) is -3.75. The first-order valence-corrected chi connectivity index (χ1v) is 4.77. The number of phenols is 1. The van der Waals surface area contributed by atoms with Crippen LogP contribution in [0.2, 0.25) is 0 Å². The summed E-state index contributed by atoms with van der Waals surface area (Å²) in [5.41, 5.74) is 0.0562. The molecule has 1 aromatic carbocycles. The lowest BCUT2D eigenvalue weighted by molar-refractivity contribution is -0.145. The van der Waals surface area contributed by atoms with Gasteiger partial charge in [-0.15, -0.1) is 0 Å². The number of benzene rings is 1. The molecule has 0 aliphatic heterocycles. The predicted molar refractivity (Wildman–Crippen MR) is 57.3 cm³/mol. The van der Waals surface area contributed by atoms with E-state index in [0.29, 0.717) is 5.75 Å². The van der Waals surface area contributed by atoms with E-state index in [4.69, 9.17) is 14.9 Å². The van der Waals surface area contributed by atoms with Crippen LogP contribution in [0.25, 0.3) is 0 Å². The van der Waals surface area contributed by atoms with Gasteiger partial charge in [0.2, 0.25) is 0 Å². The number of carbonyl (C=O) groups is 2. The van der Waals surface area contributed by atoms with Gasteiger partial charge in [-0.3, -0.25) is 9.59 Å². The minimum absolute atomic E-state index is 0.0562. The summed E-state index contributed by atoms with van der Waals surface area (Å²) in [4.78, 5) is 21.5. The van der Waals surface area contributed by atoms with Crippen LogP contribution in [-0.4, -0.2) is 34.4 Å². The Kier molecular flexibility index (Phi) is 3.92. The van der Waals surface area contributed by atoms with Crippen molar-refractivity contribution in [1.29, 1.82) is 0 Å². The van der Waals surface area contributed by atoms with Crippen molar-refractivity contribution in [2.45, 2.75) is 12.3 Å². The third-order valence-electron chi connectivity index (χ3n) is 2.29. The Morgan fingerprint density at radius 2 is 2.00 bits per heavy atom. The van der Waals surface area contributed by atoms with Crippen LogP contribution in [0.3, 0.4) is 0 Å². The van der Waals surface area contributed by atoms with Crippen molar-refractivity contribution in [3.05, 3.63) is 23.8 Å². The molecule has 3 N–H and O–H groups in total.